The number of amides is 1. The van der Waals surface area contributed by atoms with Crippen LogP contribution in [-0.4, -0.2) is 37.6 Å². The third kappa shape index (κ3) is 4.82. The number of hydrogen-bond acceptors (Lipinski definition) is 3. The molecule has 0 spiro atoms. The molecule has 0 aliphatic rings. The van der Waals surface area contributed by atoms with Crippen molar-refractivity contribution in [3.05, 3.63) is 29.8 Å². The van der Waals surface area contributed by atoms with Gasteiger partial charge in [0.2, 0.25) is 11.7 Å². The van der Waals surface area contributed by atoms with Crippen LogP contribution in [0.5, 0.6) is 5.75 Å². The standard InChI is InChI=1S/C13H18F2N2O2/c1-17(8-3-7-16)12(18)6-9-19-11-5-2-4-10(14)13(11)15/h2,4-5H,3,6-9,16H2,1H3. The van der Waals surface area contributed by atoms with Gasteiger partial charge < -0.3 is 15.4 Å². The van der Waals surface area contributed by atoms with Gasteiger partial charge in [-0.15, -0.1) is 0 Å². The van der Waals surface area contributed by atoms with E-state index in [9.17, 15) is 13.6 Å². The second kappa shape index (κ2) is 7.68. The Hall–Kier alpha value is -1.69. The van der Waals surface area contributed by atoms with E-state index in [1.807, 2.05) is 0 Å². The van der Waals surface area contributed by atoms with Gasteiger partial charge >= 0.3 is 0 Å². The SMILES string of the molecule is CN(CCCN)C(=O)CCOc1cccc(F)c1F. The highest BCUT2D eigenvalue weighted by molar-refractivity contribution is 5.75. The molecule has 4 nitrogen and oxygen atoms in total. The van der Waals surface area contributed by atoms with Crippen LogP contribution < -0.4 is 10.5 Å². The molecule has 2 N–H and O–H groups in total. The maximum atomic E-state index is 13.2. The first kappa shape index (κ1) is 15.4. The largest absolute Gasteiger partial charge is 0.490 e. The Balaban J connectivity index is 2.37. The number of nitrogens with two attached hydrogens (primary N) is 1. The van der Waals surface area contributed by atoms with Crippen LogP contribution in [0, 0.1) is 11.6 Å². The van der Waals surface area contributed by atoms with Gasteiger partial charge in [0.25, 0.3) is 0 Å². The molecule has 0 unspecified atom stereocenters. The first-order valence-corrected chi connectivity index (χ1v) is 6.07. The summed E-state index contributed by atoms with van der Waals surface area (Å²) in [6.45, 7) is 1.10. The summed E-state index contributed by atoms with van der Waals surface area (Å²) in [6.07, 6.45) is 0.832. The molecule has 1 aromatic rings. The molecule has 0 bridgehead atoms. The Morgan fingerprint density at radius 2 is 2.16 bits per heavy atom. The summed E-state index contributed by atoms with van der Waals surface area (Å²) in [5.41, 5.74) is 5.34. The normalized spacial score (nSPS) is 10.3. The molecule has 6 heteroatoms. The summed E-state index contributed by atoms with van der Waals surface area (Å²) in [6, 6.07) is 3.68. The third-order valence-electron chi connectivity index (χ3n) is 2.61. The predicted molar refractivity (Wildman–Crippen MR) is 67.8 cm³/mol. The van der Waals surface area contributed by atoms with Crippen molar-refractivity contribution in [1.29, 1.82) is 0 Å². The van der Waals surface area contributed by atoms with Crippen LogP contribution in [0.15, 0.2) is 18.2 Å². The average molecular weight is 272 g/mol. The van der Waals surface area contributed by atoms with Gasteiger partial charge in [-0.3, -0.25) is 4.79 Å². The molecule has 1 aromatic carbocycles. The number of benzene rings is 1. The molecule has 0 atom stereocenters. The molecular weight excluding hydrogens is 254 g/mol. The fraction of sp³-hybridized carbons (Fsp3) is 0.462. The minimum atomic E-state index is -1.04. The van der Waals surface area contributed by atoms with E-state index in [1.54, 1.807) is 7.05 Å². The van der Waals surface area contributed by atoms with Crippen LogP contribution in [0.3, 0.4) is 0 Å². The zero-order chi connectivity index (χ0) is 14.3. The minimum absolute atomic E-state index is 0.00612. The van der Waals surface area contributed by atoms with E-state index in [2.05, 4.69) is 0 Å². The maximum absolute atomic E-state index is 13.2. The summed E-state index contributed by atoms with van der Waals surface area (Å²) >= 11 is 0. The molecule has 0 radical (unpaired) electrons. The molecule has 1 amide bonds. The smallest absolute Gasteiger partial charge is 0.225 e. The summed E-state index contributed by atoms with van der Waals surface area (Å²) in [5, 5.41) is 0. The molecule has 0 aliphatic heterocycles. The van der Waals surface area contributed by atoms with Crippen LogP contribution in [0.25, 0.3) is 0 Å². The van der Waals surface area contributed by atoms with Crippen molar-refractivity contribution >= 4 is 5.91 Å². The van der Waals surface area contributed by atoms with Crippen molar-refractivity contribution in [2.24, 2.45) is 5.73 Å². The Morgan fingerprint density at radius 1 is 1.42 bits per heavy atom. The molecule has 0 heterocycles. The number of carbonyl (C=O) groups excluding carboxylic acids is 1. The van der Waals surface area contributed by atoms with Gasteiger partial charge in [-0.05, 0) is 25.1 Å². The lowest BCUT2D eigenvalue weighted by molar-refractivity contribution is -0.130. The minimum Gasteiger partial charge on any atom is -0.490 e. The number of nitrogens with zero attached hydrogens (tertiary/aromatic N) is 1. The van der Waals surface area contributed by atoms with Crippen LogP contribution in [0.4, 0.5) is 8.78 Å². The Labute approximate surface area is 111 Å². The van der Waals surface area contributed by atoms with E-state index in [1.165, 1.54) is 17.0 Å². The van der Waals surface area contributed by atoms with Crippen molar-refractivity contribution in [2.45, 2.75) is 12.8 Å². The summed E-state index contributed by atoms with van der Waals surface area (Å²) in [5.74, 6) is -2.31. The molecular formula is C13H18F2N2O2. The van der Waals surface area contributed by atoms with Crippen molar-refractivity contribution in [2.75, 3.05) is 26.7 Å². The zero-order valence-electron chi connectivity index (χ0n) is 10.9. The lowest BCUT2D eigenvalue weighted by atomic mass is 10.3. The number of halogens is 2. The molecule has 19 heavy (non-hydrogen) atoms. The number of rotatable bonds is 7. The highest BCUT2D eigenvalue weighted by atomic mass is 19.2. The summed E-state index contributed by atoms with van der Waals surface area (Å²) in [7, 11) is 1.67. The maximum Gasteiger partial charge on any atom is 0.225 e. The quantitative estimate of drug-likeness (QED) is 0.819. The number of carbonyl (C=O) groups is 1. The summed E-state index contributed by atoms with van der Waals surface area (Å²) < 4.78 is 31.2. The highest BCUT2D eigenvalue weighted by Crippen LogP contribution is 2.19. The van der Waals surface area contributed by atoms with E-state index in [0.29, 0.717) is 13.1 Å². The van der Waals surface area contributed by atoms with Crippen LogP contribution in [0.1, 0.15) is 12.8 Å². The molecule has 0 aliphatic carbocycles. The first-order valence-electron chi connectivity index (χ1n) is 6.07. The number of hydrogen-bond donors (Lipinski definition) is 1. The zero-order valence-corrected chi connectivity index (χ0v) is 10.9. The Kier molecular flexibility index (Phi) is 6.21. The van der Waals surface area contributed by atoms with E-state index in [0.717, 1.165) is 12.5 Å². The fourth-order valence-corrected chi connectivity index (χ4v) is 1.49. The van der Waals surface area contributed by atoms with Gasteiger partial charge in [-0.2, -0.15) is 4.39 Å². The second-order valence-electron chi connectivity index (χ2n) is 4.11. The average Bonchev–Trinajstić information content (AvgIpc) is 2.40. The van der Waals surface area contributed by atoms with E-state index in [4.69, 9.17) is 10.5 Å². The van der Waals surface area contributed by atoms with Crippen molar-refractivity contribution in [3.8, 4) is 5.75 Å². The van der Waals surface area contributed by atoms with Crippen LogP contribution >= 0.6 is 0 Å². The van der Waals surface area contributed by atoms with Gasteiger partial charge in [0, 0.05) is 13.6 Å². The van der Waals surface area contributed by atoms with Crippen molar-refractivity contribution in [1.82, 2.24) is 4.90 Å². The Morgan fingerprint density at radius 3 is 2.84 bits per heavy atom. The summed E-state index contributed by atoms with van der Waals surface area (Å²) in [4.78, 5) is 13.2. The monoisotopic (exact) mass is 272 g/mol. The van der Waals surface area contributed by atoms with Crippen molar-refractivity contribution in [3.63, 3.8) is 0 Å². The first-order chi connectivity index (χ1) is 9.06. The third-order valence-corrected chi connectivity index (χ3v) is 2.61. The lowest BCUT2D eigenvalue weighted by Gasteiger charge is -2.16. The predicted octanol–water partition coefficient (Wildman–Crippen LogP) is 1.54. The highest BCUT2D eigenvalue weighted by Gasteiger charge is 2.11. The van der Waals surface area contributed by atoms with Crippen molar-refractivity contribution < 1.29 is 18.3 Å². The topological polar surface area (TPSA) is 55.6 Å². The van der Waals surface area contributed by atoms with Gasteiger partial charge in [-0.1, -0.05) is 6.07 Å². The van der Waals surface area contributed by atoms with Crippen LogP contribution in [-0.2, 0) is 4.79 Å². The molecule has 0 fully saturated rings. The lowest BCUT2D eigenvalue weighted by Crippen LogP contribution is -2.30. The van der Waals surface area contributed by atoms with Gasteiger partial charge in [0.05, 0.1) is 13.0 Å². The molecule has 0 aromatic heterocycles. The van der Waals surface area contributed by atoms with Crippen LogP contribution in [0.2, 0.25) is 0 Å². The molecule has 106 valence electrons. The second-order valence-corrected chi connectivity index (χ2v) is 4.11. The molecule has 1 rings (SSSR count). The van der Waals surface area contributed by atoms with Gasteiger partial charge in [-0.25, -0.2) is 4.39 Å². The molecule has 0 saturated carbocycles. The Bertz CT molecular complexity index is 427. The van der Waals surface area contributed by atoms with E-state index < -0.39 is 11.6 Å². The van der Waals surface area contributed by atoms with Gasteiger partial charge in [0.15, 0.2) is 11.6 Å². The van der Waals surface area contributed by atoms with Gasteiger partial charge in [0.1, 0.15) is 0 Å². The molecule has 0 saturated heterocycles. The fourth-order valence-electron chi connectivity index (χ4n) is 1.49. The van der Waals surface area contributed by atoms with E-state index in [-0.39, 0.29) is 24.7 Å². The van der Waals surface area contributed by atoms with E-state index >= 15 is 0 Å². The number of ether oxygens (including phenoxy) is 1.